The number of rotatable bonds is 5. The third-order valence-corrected chi connectivity index (χ3v) is 6.88. The van der Waals surface area contributed by atoms with Crippen LogP contribution >= 0.6 is 11.6 Å². The number of aromatic nitrogens is 4. The first-order chi connectivity index (χ1) is 16.5. The predicted molar refractivity (Wildman–Crippen MR) is 129 cm³/mol. The molecule has 0 saturated carbocycles. The molecule has 0 radical (unpaired) electrons. The van der Waals surface area contributed by atoms with Gasteiger partial charge in [0.1, 0.15) is 29.2 Å². The van der Waals surface area contributed by atoms with Crippen molar-refractivity contribution >= 4 is 28.6 Å². The molecule has 9 nitrogen and oxygen atoms in total. The molecule has 1 aromatic carbocycles. The van der Waals surface area contributed by atoms with Crippen molar-refractivity contribution in [3.63, 3.8) is 0 Å². The van der Waals surface area contributed by atoms with Crippen LogP contribution in [0.3, 0.4) is 0 Å². The maximum absolute atomic E-state index is 15.3. The van der Waals surface area contributed by atoms with Gasteiger partial charge >= 0.3 is 0 Å². The topological polar surface area (TPSA) is 115 Å². The molecule has 0 amide bonds. The highest BCUT2D eigenvalue weighted by Gasteiger charge is 2.48. The molecule has 4 heterocycles. The number of hydrogen-bond donors (Lipinski definition) is 3. The Morgan fingerprint density at radius 3 is 2.71 bits per heavy atom. The fourth-order valence-electron chi connectivity index (χ4n) is 4.86. The van der Waals surface area contributed by atoms with Crippen LogP contribution in [0.4, 0.5) is 10.3 Å². The molecule has 0 unspecified atom stereocenters. The molecule has 2 aliphatic heterocycles. The van der Waals surface area contributed by atoms with E-state index in [-0.39, 0.29) is 28.4 Å². The number of benzene rings is 1. The summed E-state index contributed by atoms with van der Waals surface area (Å²) in [6.07, 6.45) is -0.192. The Morgan fingerprint density at radius 2 is 2.03 bits per heavy atom. The first-order valence-corrected chi connectivity index (χ1v) is 12.0. The summed E-state index contributed by atoms with van der Waals surface area (Å²) in [4.78, 5) is 13.2. The summed E-state index contributed by atoms with van der Waals surface area (Å²) in [5.41, 5.74) is 0.207. The molecule has 3 aromatic rings. The van der Waals surface area contributed by atoms with Crippen LogP contribution in [0.15, 0.2) is 18.3 Å². The zero-order valence-electron chi connectivity index (χ0n) is 20.2. The molecule has 2 bridgehead atoms. The van der Waals surface area contributed by atoms with E-state index in [9.17, 15) is 10.2 Å². The van der Waals surface area contributed by atoms with E-state index in [1.165, 1.54) is 12.3 Å². The number of nitrogens with one attached hydrogen (secondary N) is 1. The van der Waals surface area contributed by atoms with Crippen molar-refractivity contribution in [2.75, 3.05) is 11.9 Å². The lowest BCUT2D eigenvalue weighted by Gasteiger charge is -2.37. The molecular formula is C24H29ClFN5O4. The predicted octanol–water partition coefficient (Wildman–Crippen LogP) is 3.63. The van der Waals surface area contributed by atoms with E-state index in [2.05, 4.69) is 20.3 Å². The van der Waals surface area contributed by atoms with Crippen molar-refractivity contribution in [2.45, 2.75) is 70.8 Å². The highest BCUT2D eigenvalue weighted by atomic mass is 35.5. The number of nitrogens with zero attached hydrogens (tertiary/aromatic N) is 4. The monoisotopic (exact) mass is 505 g/mol. The van der Waals surface area contributed by atoms with Crippen molar-refractivity contribution in [1.82, 2.24) is 19.5 Å². The molecule has 2 aromatic heterocycles. The van der Waals surface area contributed by atoms with E-state index in [0.717, 1.165) is 0 Å². The lowest BCUT2D eigenvalue weighted by Crippen LogP contribution is -2.53. The number of fused-ring (bicyclic) bond motifs is 3. The van der Waals surface area contributed by atoms with E-state index in [4.69, 9.17) is 21.1 Å². The highest BCUT2D eigenvalue weighted by molar-refractivity contribution is 6.33. The summed E-state index contributed by atoms with van der Waals surface area (Å²) in [6.45, 7) is 9.37. The van der Waals surface area contributed by atoms with Crippen LogP contribution in [0.25, 0.3) is 22.3 Å². The van der Waals surface area contributed by atoms with E-state index in [1.807, 2.05) is 25.3 Å². The van der Waals surface area contributed by atoms with Crippen LogP contribution in [0, 0.1) is 11.7 Å². The van der Waals surface area contributed by atoms with Crippen LogP contribution in [-0.4, -0.2) is 60.9 Å². The Balaban J connectivity index is 1.56. The number of halogens is 2. The van der Waals surface area contributed by atoms with E-state index in [0.29, 0.717) is 29.2 Å². The van der Waals surface area contributed by atoms with Crippen molar-refractivity contribution < 1.29 is 24.1 Å². The Morgan fingerprint density at radius 1 is 1.29 bits per heavy atom. The minimum Gasteiger partial charge on any atom is -0.388 e. The summed E-state index contributed by atoms with van der Waals surface area (Å²) >= 11 is 6.44. The van der Waals surface area contributed by atoms with Gasteiger partial charge in [0.15, 0.2) is 12.1 Å². The van der Waals surface area contributed by atoms with Gasteiger partial charge in [0, 0.05) is 17.5 Å². The van der Waals surface area contributed by atoms with Crippen molar-refractivity contribution in [1.29, 1.82) is 0 Å². The van der Waals surface area contributed by atoms with Gasteiger partial charge in [-0.3, -0.25) is 0 Å². The number of aliphatic hydroxyl groups is 2. The van der Waals surface area contributed by atoms with Crippen LogP contribution in [0.5, 0.6) is 0 Å². The van der Waals surface area contributed by atoms with Gasteiger partial charge in [0.25, 0.3) is 0 Å². The zero-order chi connectivity index (χ0) is 25.2. The van der Waals surface area contributed by atoms with Gasteiger partial charge in [0.2, 0.25) is 5.95 Å². The lowest BCUT2D eigenvalue weighted by atomic mass is 9.91. The molecule has 2 saturated heterocycles. The second-order valence-corrected chi connectivity index (χ2v) is 10.5. The summed E-state index contributed by atoms with van der Waals surface area (Å²) in [7, 11) is 0. The Kier molecular flexibility index (Phi) is 6.00. The van der Waals surface area contributed by atoms with Gasteiger partial charge in [0.05, 0.1) is 35.1 Å². The number of ether oxygens (including phenoxy) is 2. The van der Waals surface area contributed by atoms with Crippen molar-refractivity contribution in [2.24, 2.45) is 5.92 Å². The van der Waals surface area contributed by atoms with Gasteiger partial charge < -0.3 is 29.6 Å². The first-order valence-electron chi connectivity index (χ1n) is 11.6. The van der Waals surface area contributed by atoms with E-state index in [1.54, 1.807) is 19.9 Å². The van der Waals surface area contributed by atoms with E-state index >= 15 is 4.39 Å². The molecule has 0 spiro atoms. The molecule has 2 fully saturated rings. The number of aliphatic hydroxyl groups excluding tert-OH is 1. The lowest BCUT2D eigenvalue weighted by molar-refractivity contribution is -0.154. The minimum absolute atomic E-state index is 0.0803. The third-order valence-electron chi connectivity index (χ3n) is 6.60. The first kappa shape index (κ1) is 24.3. The summed E-state index contributed by atoms with van der Waals surface area (Å²) in [5.74, 6) is -0.0830. The minimum atomic E-state index is -1.26. The maximum Gasteiger partial charge on any atom is 0.223 e. The average Bonchev–Trinajstić information content (AvgIpc) is 3.40. The quantitative estimate of drug-likeness (QED) is 0.481. The molecule has 5 rings (SSSR count). The van der Waals surface area contributed by atoms with Crippen molar-refractivity contribution in [3.05, 3.63) is 35.0 Å². The molecule has 3 N–H and O–H groups in total. The standard InChI is InChI=1S/C24H29ClFN5O4/c1-10(2)31-15-7-12(6-14(26)19(15)28-22(31)24(4,5)33)18-13(25)8-27-23(30-18)29-17-11(3)21-34-9-16(35-21)20(17)32/h6-8,10-11,16-17,20-21,32-33H,9H2,1-5H3,(H,27,29,30)/t11-,16+,17-,20-,21+/m1/s1. The molecule has 35 heavy (non-hydrogen) atoms. The Labute approximate surface area is 207 Å². The largest absolute Gasteiger partial charge is 0.388 e. The molecule has 11 heteroatoms. The van der Waals surface area contributed by atoms with Crippen LogP contribution in [-0.2, 0) is 15.1 Å². The fraction of sp³-hybridized carbons (Fsp3) is 0.542. The van der Waals surface area contributed by atoms with Crippen LogP contribution in [0.2, 0.25) is 5.02 Å². The van der Waals surface area contributed by atoms with Gasteiger partial charge in [-0.15, -0.1) is 0 Å². The zero-order valence-corrected chi connectivity index (χ0v) is 20.9. The number of anilines is 1. The number of hydrogen-bond acceptors (Lipinski definition) is 8. The van der Waals surface area contributed by atoms with Gasteiger partial charge in [-0.2, -0.15) is 0 Å². The Bertz CT molecular complexity index is 1260. The number of imidazole rings is 1. The van der Waals surface area contributed by atoms with Gasteiger partial charge in [-0.1, -0.05) is 18.5 Å². The molecule has 188 valence electrons. The fourth-order valence-corrected chi connectivity index (χ4v) is 5.06. The summed E-state index contributed by atoms with van der Waals surface area (Å²) in [6, 6.07) is 2.61. The van der Waals surface area contributed by atoms with Crippen LogP contribution < -0.4 is 5.32 Å². The third kappa shape index (κ3) is 4.17. The Hall–Kier alpha value is -2.37. The van der Waals surface area contributed by atoms with E-state index < -0.39 is 36.0 Å². The molecular weight excluding hydrogens is 477 g/mol. The highest BCUT2D eigenvalue weighted by Crippen LogP contribution is 2.36. The van der Waals surface area contributed by atoms with Gasteiger partial charge in [-0.05, 0) is 39.8 Å². The normalized spacial score (nSPS) is 26.6. The van der Waals surface area contributed by atoms with Crippen molar-refractivity contribution in [3.8, 4) is 11.3 Å². The summed E-state index contributed by atoms with van der Waals surface area (Å²) < 4.78 is 28.3. The van der Waals surface area contributed by atoms with Gasteiger partial charge in [-0.25, -0.2) is 19.3 Å². The summed E-state index contributed by atoms with van der Waals surface area (Å²) in [5, 5.41) is 24.8. The van der Waals surface area contributed by atoms with Crippen LogP contribution in [0.1, 0.15) is 46.5 Å². The smallest absolute Gasteiger partial charge is 0.223 e. The molecule has 0 aliphatic carbocycles. The second kappa shape index (κ2) is 8.63. The second-order valence-electron chi connectivity index (χ2n) is 10.1. The molecule has 2 aliphatic rings. The maximum atomic E-state index is 15.3. The SMILES string of the molecule is CC(C)n1c(C(C)(C)O)nc2c(F)cc(-c3nc(N[C@@H]4[C@@H](C)[C@H]5OC[C@H](O5)[C@H]4O)ncc3Cl)cc21. The molecule has 5 atom stereocenters. The average molecular weight is 506 g/mol.